The molecule has 0 saturated carbocycles. The minimum absolute atomic E-state index is 0.0141. The summed E-state index contributed by atoms with van der Waals surface area (Å²) < 4.78 is 0. The number of nitrogens with zero attached hydrogens (tertiary/aromatic N) is 1. The molecular formula is C12H23N3O2. The van der Waals surface area contributed by atoms with Crippen LogP contribution in [0.3, 0.4) is 0 Å². The molecule has 1 saturated heterocycles. The second-order valence-corrected chi connectivity index (χ2v) is 5.10. The number of rotatable bonds is 4. The average Bonchev–Trinajstić information content (AvgIpc) is 2.24. The van der Waals surface area contributed by atoms with Crippen molar-refractivity contribution in [3.05, 3.63) is 0 Å². The van der Waals surface area contributed by atoms with E-state index in [1.54, 1.807) is 4.90 Å². The monoisotopic (exact) mass is 241 g/mol. The van der Waals surface area contributed by atoms with E-state index in [2.05, 4.69) is 12.2 Å². The number of hydrogen-bond donors (Lipinski definition) is 2. The quantitative estimate of drug-likeness (QED) is 0.733. The fourth-order valence-corrected chi connectivity index (χ4v) is 2.27. The number of hydrogen-bond acceptors (Lipinski definition) is 3. The molecule has 1 aliphatic heterocycles. The lowest BCUT2D eigenvalue weighted by molar-refractivity contribution is -0.141. The molecule has 2 amide bonds. The lowest BCUT2D eigenvalue weighted by Gasteiger charge is -2.33. The summed E-state index contributed by atoms with van der Waals surface area (Å²) in [5, 5.41) is 3.31. The van der Waals surface area contributed by atoms with Gasteiger partial charge in [0.05, 0.1) is 6.54 Å². The highest BCUT2D eigenvalue weighted by Gasteiger charge is 2.30. The van der Waals surface area contributed by atoms with Gasteiger partial charge in [0.1, 0.15) is 0 Å². The lowest BCUT2D eigenvalue weighted by atomic mass is 9.91. The maximum Gasteiger partial charge on any atom is 0.237 e. The topological polar surface area (TPSA) is 75.4 Å². The minimum Gasteiger partial charge on any atom is -0.368 e. The second-order valence-electron chi connectivity index (χ2n) is 5.10. The zero-order valence-corrected chi connectivity index (χ0v) is 10.9. The van der Waals surface area contributed by atoms with Crippen molar-refractivity contribution >= 4 is 11.8 Å². The molecule has 1 rings (SSSR count). The smallest absolute Gasteiger partial charge is 0.237 e. The molecule has 0 radical (unpaired) electrons. The van der Waals surface area contributed by atoms with E-state index < -0.39 is 5.91 Å². The fraction of sp³-hybridized carbons (Fsp3) is 0.833. The first-order valence-corrected chi connectivity index (χ1v) is 6.24. The third kappa shape index (κ3) is 4.00. The van der Waals surface area contributed by atoms with E-state index >= 15 is 0 Å². The zero-order valence-electron chi connectivity index (χ0n) is 10.9. The number of amides is 2. The summed E-state index contributed by atoms with van der Waals surface area (Å²) in [5.74, 6) is -0.366. The van der Waals surface area contributed by atoms with Gasteiger partial charge in [0, 0.05) is 18.0 Å². The van der Waals surface area contributed by atoms with E-state index in [4.69, 9.17) is 5.73 Å². The van der Waals surface area contributed by atoms with Crippen molar-refractivity contribution in [1.82, 2.24) is 10.2 Å². The standard InChI is InChI=1S/C12H23N3O2/c1-8(2)15(7-11(13)16)12(17)10-4-5-14-9(3)6-10/h8-10,14H,4-7H2,1-3H3,(H2,13,16). The summed E-state index contributed by atoms with van der Waals surface area (Å²) in [6.45, 7) is 6.78. The summed E-state index contributed by atoms with van der Waals surface area (Å²) in [7, 11) is 0. The van der Waals surface area contributed by atoms with Gasteiger partial charge in [-0.2, -0.15) is 0 Å². The van der Waals surface area contributed by atoms with Crippen molar-refractivity contribution in [2.24, 2.45) is 11.7 Å². The molecule has 0 aliphatic carbocycles. The molecule has 1 aliphatic rings. The van der Waals surface area contributed by atoms with Crippen molar-refractivity contribution < 1.29 is 9.59 Å². The maximum atomic E-state index is 12.3. The highest BCUT2D eigenvalue weighted by molar-refractivity contribution is 5.85. The highest BCUT2D eigenvalue weighted by Crippen LogP contribution is 2.19. The Morgan fingerprint density at radius 3 is 2.59 bits per heavy atom. The summed E-state index contributed by atoms with van der Waals surface area (Å²) >= 11 is 0. The van der Waals surface area contributed by atoms with E-state index in [9.17, 15) is 9.59 Å². The molecule has 1 heterocycles. The number of nitrogens with two attached hydrogens (primary N) is 1. The third-order valence-electron chi connectivity index (χ3n) is 3.21. The molecule has 0 aromatic carbocycles. The maximum absolute atomic E-state index is 12.3. The molecule has 98 valence electrons. The number of piperidine rings is 1. The molecule has 2 atom stereocenters. The van der Waals surface area contributed by atoms with Crippen LogP contribution >= 0.6 is 0 Å². The Kier molecular flexibility index (Phi) is 4.93. The largest absolute Gasteiger partial charge is 0.368 e. The van der Waals surface area contributed by atoms with Crippen molar-refractivity contribution in [2.75, 3.05) is 13.1 Å². The molecule has 5 heteroatoms. The van der Waals surface area contributed by atoms with Crippen LogP contribution in [0.4, 0.5) is 0 Å². The van der Waals surface area contributed by atoms with Crippen LogP contribution in [-0.2, 0) is 9.59 Å². The van der Waals surface area contributed by atoms with Gasteiger partial charge in [0.15, 0.2) is 0 Å². The molecule has 2 unspecified atom stereocenters. The SMILES string of the molecule is CC1CC(C(=O)N(CC(N)=O)C(C)C)CCN1. The summed E-state index contributed by atoms with van der Waals surface area (Å²) in [4.78, 5) is 24.9. The number of nitrogens with one attached hydrogen (secondary N) is 1. The van der Waals surface area contributed by atoms with Gasteiger partial charge in [-0.3, -0.25) is 9.59 Å². The first-order chi connectivity index (χ1) is 7.91. The van der Waals surface area contributed by atoms with Gasteiger partial charge >= 0.3 is 0 Å². The van der Waals surface area contributed by atoms with Gasteiger partial charge in [-0.25, -0.2) is 0 Å². The first kappa shape index (κ1) is 14.0. The highest BCUT2D eigenvalue weighted by atomic mass is 16.2. The van der Waals surface area contributed by atoms with Gasteiger partial charge in [-0.1, -0.05) is 0 Å². The van der Waals surface area contributed by atoms with E-state index in [0.29, 0.717) is 6.04 Å². The normalized spacial score (nSPS) is 24.7. The van der Waals surface area contributed by atoms with Crippen LogP contribution in [0.5, 0.6) is 0 Å². The van der Waals surface area contributed by atoms with Crippen LogP contribution in [0.1, 0.15) is 33.6 Å². The van der Waals surface area contributed by atoms with E-state index in [1.165, 1.54) is 0 Å². The van der Waals surface area contributed by atoms with Gasteiger partial charge in [0.2, 0.25) is 11.8 Å². The van der Waals surface area contributed by atoms with E-state index in [1.807, 2.05) is 13.8 Å². The Morgan fingerprint density at radius 1 is 1.47 bits per heavy atom. The number of primary amides is 1. The molecule has 5 nitrogen and oxygen atoms in total. The Labute approximate surface area is 103 Å². The van der Waals surface area contributed by atoms with Crippen molar-refractivity contribution in [3.63, 3.8) is 0 Å². The molecule has 0 spiro atoms. The van der Waals surface area contributed by atoms with Gasteiger partial charge < -0.3 is 16.0 Å². The predicted molar refractivity (Wildman–Crippen MR) is 66.2 cm³/mol. The number of carbonyl (C=O) groups is 2. The Hall–Kier alpha value is -1.10. The predicted octanol–water partition coefficient (Wildman–Crippen LogP) is 0.0968. The van der Waals surface area contributed by atoms with Crippen molar-refractivity contribution in [2.45, 2.75) is 45.7 Å². The van der Waals surface area contributed by atoms with Gasteiger partial charge in [-0.05, 0) is 40.2 Å². The second kappa shape index (κ2) is 6.00. The minimum atomic E-state index is -0.450. The molecular weight excluding hydrogens is 218 g/mol. The average molecular weight is 241 g/mol. The molecule has 17 heavy (non-hydrogen) atoms. The third-order valence-corrected chi connectivity index (χ3v) is 3.21. The van der Waals surface area contributed by atoms with Gasteiger partial charge in [0.25, 0.3) is 0 Å². The lowest BCUT2D eigenvalue weighted by Crippen LogP contribution is -2.49. The van der Waals surface area contributed by atoms with Gasteiger partial charge in [-0.15, -0.1) is 0 Å². The summed E-state index contributed by atoms with van der Waals surface area (Å²) in [6.07, 6.45) is 1.67. The van der Waals surface area contributed by atoms with Crippen LogP contribution in [-0.4, -0.2) is 41.9 Å². The first-order valence-electron chi connectivity index (χ1n) is 6.24. The molecule has 1 fully saturated rings. The van der Waals surface area contributed by atoms with Crippen molar-refractivity contribution in [1.29, 1.82) is 0 Å². The molecule has 0 bridgehead atoms. The Bertz CT molecular complexity index is 291. The molecule has 0 aromatic rings. The Morgan fingerprint density at radius 2 is 2.12 bits per heavy atom. The summed E-state index contributed by atoms with van der Waals surface area (Å²) in [6, 6.07) is 0.375. The number of carbonyl (C=O) groups excluding carboxylic acids is 2. The zero-order chi connectivity index (χ0) is 13.0. The van der Waals surface area contributed by atoms with Crippen LogP contribution in [0, 0.1) is 5.92 Å². The fourth-order valence-electron chi connectivity index (χ4n) is 2.27. The molecule has 0 aromatic heterocycles. The molecule has 3 N–H and O–H groups in total. The van der Waals surface area contributed by atoms with Crippen LogP contribution in [0.15, 0.2) is 0 Å². The van der Waals surface area contributed by atoms with Crippen LogP contribution in [0.2, 0.25) is 0 Å². The van der Waals surface area contributed by atoms with Crippen LogP contribution in [0.25, 0.3) is 0 Å². The van der Waals surface area contributed by atoms with E-state index in [0.717, 1.165) is 19.4 Å². The summed E-state index contributed by atoms with van der Waals surface area (Å²) in [5.41, 5.74) is 5.18. The van der Waals surface area contributed by atoms with Crippen molar-refractivity contribution in [3.8, 4) is 0 Å². The Balaban J connectivity index is 2.66. The van der Waals surface area contributed by atoms with E-state index in [-0.39, 0.29) is 24.4 Å². The van der Waals surface area contributed by atoms with Crippen LogP contribution < -0.4 is 11.1 Å².